The van der Waals surface area contributed by atoms with Gasteiger partial charge >= 0.3 is 5.97 Å². The molecule has 1 aromatic heterocycles. The van der Waals surface area contributed by atoms with Crippen LogP contribution in [0.5, 0.6) is 0 Å². The fourth-order valence-electron chi connectivity index (χ4n) is 2.42. The van der Waals surface area contributed by atoms with Crippen molar-refractivity contribution in [3.8, 4) is 0 Å². The van der Waals surface area contributed by atoms with Crippen molar-refractivity contribution in [1.29, 1.82) is 0 Å². The van der Waals surface area contributed by atoms with Gasteiger partial charge in [0.1, 0.15) is 6.26 Å². The highest BCUT2D eigenvalue weighted by Crippen LogP contribution is 2.22. The molecule has 0 amide bonds. The zero-order valence-electron chi connectivity index (χ0n) is 9.84. The van der Waals surface area contributed by atoms with Crippen LogP contribution in [0.25, 0.3) is 0 Å². The Balaban J connectivity index is 1.78. The number of hydrogen-bond acceptors (Lipinski definition) is 4. The van der Waals surface area contributed by atoms with E-state index in [4.69, 9.17) is 9.63 Å². The largest absolute Gasteiger partial charge is 0.481 e. The molecule has 5 nitrogen and oxygen atoms in total. The van der Waals surface area contributed by atoms with E-state index in [2.05, 4.69) is 10.1 Å². The first-order chi connectivity index (χ1) is 8.24. The van der Waals surface area contributed by atoms with Crippen LogP contribution in [0.1, 0.15) is 31.2 Å². The maximum absolute atomic E-state index is 10.5. The van der Waals surface area contributed by atoms with Gasteiger partial charge in [-0.3, -0.25) is 9.69 Å². The molecule has 0 bridgehead atoms. The van der Waals surface area contributed by atoms with E-state index in [0.717, 1.165) is 44.5 Å². The molecule has 1 aliphatic rings. The molecule has 2 heterocycles. The topological polar surface area (TPSA) is 66.6 Å². The second-order valence-electron chi connectivity index (χ2n) is 4.71. The lowest BCUT2D eigenvalue weighted by Crippen LogP contribution is -2.35. The molecule has 1 fully saturated rings. The van der Waals surface area contributed by atoms with E-state index in [1.807, 2.05) is 0 Å². The van der Waals surface area contributed by atoms with E-state index >= 15 is 0 Å². The molecule has 2 rings (SSSR count). The van der Waals surface area contributed by atoms with Crippen molar-refractivity contribution in [3.63, 3.8) is 0 Å². The van der Waals surface area contributed by atoms with Crippen molar-refractivity contribution in [2.75, 3.05) is 13.1 Å². The maximum Gasteiger partial charge on any atom is 0.303 e. The Kier molecular flexibility index (Phi) is 4.14. The van der Waals surface area contributed by atoms with Gasteiger partial charge in [0.15, 0.2) is 0 Å². The summed E-state index contributed by atoms with van der Waals surface area (Å²) < 4.78 is 4.81. The third-order valence-corrected chi connectivity index (χ3v) is 3.26. The highest BCUT2D eigenvalue weighted by molar-refractivity contribution is 5.66. The van der Waals surface area contributed by atoms with Crippen LogP contribution in [-0.4, -0.2) is 34.2 Å². The number of nitrogens with zero attached hydrogens (tertiary/aromatic N) is 2. The Morgan fingerprint density at radius 1 is 1.65 bits per heavy atom. The van der Waals surface area contributed by atoms with Crippen molar-refractivity contribution < 1.29 is 14.4 Å². The molecule has 1 N–H and O–H groups in total. The first-order valence-electron chi connectivity index (χ1n) is 6.06. The molecule has 0 aromatic carbocycles. The lowest BCUT2D eigenvalue weighted by Gasteiger charge is -2.32. The summed E-state index contributed by atoms with van der Waals surface area (Å²) in [5, 5.41) is 12.4. The Labute approximate surface area is 100 Å². The first kappa shape index (κ1) is 12.1. The minimum atomic E-state index is -0.693. The molecule has 1 unspecified atom stereocenters. The van der Waals surface area contributed by atoms with E-state index in [1.54, 1.807) is 12.5 Å². The van der Waals surface area contributed by atoms with Gasteiger partial charge < -0.3 is 9.63 Å². The summed E-state index contributed by atoms with van der Waals surface area (Å²) in [7, 11) is 0. The molecule has 94 valence electrons. The molecule has 0 saturated carbocycles. The van der Waals surface area contributed by atoms with Crippen LogP contribution in [-0.2, 0) is 11.3 Å². The normalized spacial score (nSPS) is 21.5. The average molecular weight is 238 g/mol. The number of carboxylic acids is 1. The van der Waals surface area contributed by atoms with Crippen molar-refractivity contribution in [2.45, 2.75) is 32.2 Å². The zero-order valence-corrected chi connectivity index (χ0v) is 9.84. The molecule has 1 saturated heterocycles. The van der Waals surface area contributed by atoms with Gasteiger partial charge in [0.25, 0.3) is 0 Å². The van der Waals surface area contributed by atoms with E-state index in [-0.39, 0.29) is 6.42 Å². The van der Waals surface area contributed by atoms with E-state index in [9.17, 15) is 4.79 Å². The van der Waals surface area contributed by atoms with Gasteiger partial charge in [-0.25, -0.2) is 0 Å². The molecule has 1 aromatic rings. The van der Waals surface area contributed by atoms with E-state index in [0.29, 0.717) is 5.92 Å². The summed E-state index contributed by atoms with van der Waals surface area (Å²) in [4.78, 5) is 12.9. The Morgan fingerprint density at radius 3 is 3.24 bits per heavy atom. The summed E-state index contributed by atoms with van der Waals surface area (Å²) in [6.45, 7) is 2.92. The lowest BCUT2D eigenvalue weighted by molar-refractivity contribution is -0.137. The van der Waals surface area contributed by atoms with Crippen LogP contribution in [0.15, 0.2) is 17.0 Å². The Morgan fingerprint density at radius 2 is 2.53 bits per heavy atom. The molecule has 0 aliphatic carbocycles. The van der Waals surface area contributed by atoms with Crippen molar-refractivity contribution >= 4 is 5.97 Å². The molecule has 5 heteroatoms. The number of hydrogen-bond donors (Lipinski definition) is 1. The fourth-order valence-corrected chi connectivity index (χ4v) is 2.42. The van der Waals surface area contributed by atoms with Crippen LogP contribution in [0.4, 0.5) is 0 Å². The van der Waals surface area contributed by atoms with Crippen LogP contribution in [0, 0.1) is 5.92 Å². The monoisotopic (exact) mass is 238 g/mol. The highest BCUT2D eigenvalue weighted by atomic mass is 16.5. The number of carboxylic acid groups (broad SMARTS) is 1. The van der Waals surface area contributed by atoms with Gasteiger partial charge in [-0.1, -0.05) is 5.16 Å². The van der Waals surface area contributed by atoms with Crippen LogP contribution >= 0.6 is 0 Å². The lowest BCUT2D eigenvalue weighted by atomic mass is 9.93. The van der Waals surface area contributed by atoms with Crippen molar-refractivity contribution in [3.05, 3.63) is 18.0 Å². The summed E-state index contributed by atoms with van der Waals surface area (Å²) in [5.41, 5.74) is 1.09. The molecular weight excluding hydrogens is 220 g/mol. The van der Waals surface area contributed by atoms with Crippen molar-refractivity contribution in [2.24, 2.45) is 5.92 Å². The smallest absolute Gasteiger partial charge is 0.303 e. The van der Waals surface area contributed by atoms with E-state index in [1.165, 1.54) is 0 Å². The number of likely N-dealkylation sites (tertiary alicyclic amines) is 1. The summed E-state index contributed by atoms with van der Waals surface area (Å²) >= 11 is 0. The standard InChI is InChI=1S/C12H18N2O3/c15-12(16)4-3-10-2-1-5-14(7-10)8-11-6-13-17-9-11/h6,9-10H,1-5,7-8H2,(H,15,16). The maximum atomic E-state index is 10.5. The number of rotatable bonds is 5. The first-order valence-corrected chi connectivity index (χ1v) is 6.06. The third kappa shape index (κ3) is 3.85. The molecule has 0 radical (unpaired) electrons. The van der Waals surface area contributed by atoms with Gasteiger partial charge in [-0.15, -0.1) is 0 Å². The molecule has 17 heavy (non-hydrogen) atoms. The molecule has 1 aliphatic heterocycles. The van der Waals surface area contributed by atoms with E-state index < -0.39 is 5.97 Å². The number of piperidine rings is 1. The second-order valence-corrected chi connectivity index (χ2v) is 4.71. The highest BCUT2D eigenvalue weighted by Gasteiger charge is 2.20. The Bertz CT molecular complexity index is 351. The van der Waals surface area contributed by atoms with Gasteiger partial charge in [-0.2, -0.15) is 0 Å². The summed E-state index contributed by atoms with van der Waals surface area (Å²) in [6, 6.07) is 0. The van der Waals surface area contributed by atoms with Gasteiger partial charge in [0.2, 0.25) is 0 Å². The van der Waals surface area contributed by atoms with Crippen LogP contribution in [0.3, 0.4) is 0 Å². The fraction of sp³-hybridized carbons (Fsp3) is 0.667. The number of aliphatic carboxylic acids is 1. The zero-order chi connectivity index (χ0) is 12.1. The minimum Gasteiger partial charge on any atom is -0.481 e. The van der Waals surface area contributed by atoms with Crippen molar-refractivity contribution in [1.82, 2.24) is 10.1 Å². The Hall–Kier alpha value is -1.36. The molecule has 1 atom stereocenters. The van der Waals surface area contributed by atoms with Gasteiger partial charge in [-0.05, 0) is 31.7 Å². The predicted molar refractivity (Wildman–Crippen MR) is 61.4 cm³/mol. The van der Waals surface area contributed by atoms with Crippen LogP contribution in [0.2, 0.25) is 0 Å². The third-order valence-electron chi connectivity index (χ3n) is 3.26. The van der Waals surface area contributed by atoms with Gasteiger partial charge in [0, 0.05) is 25.1 Å². The van der Waals surface area contributed by atoms with Crippen LogP contribution < -0.4 is 0 Å². The number of carbonyl (C=O) groups is 1. The predicted octanol–water partition coefficient (Wildman–Crippen LogP) is 1.75. The quantitative estimate of drug-likeness (QED) is 0.846. The molecule has 0 spiro atoms. The minimum absolute atomic E-state index is 0.284. The van der Waals surface area contributed by atoms with Gasteiger partial charge in [0.05, 0.1) is 6.20 Å². The summed E-state index contributed by atoms with van der Waals surface area (Å²) in [5.74, 6) is -0.180. The molecular formula is C12H18N2O3. The average Bonchev–Trinajstić information content (AvgIpc) is 2.80. The SMILES string of the molecule is O=C(O)CCC1CCCN(Cc2cnoc2)C1. The summed E-state index contributed by atoms with van der Waals surface area (Å²) in [6.07, 6.45) is 6.77. The second kappa shape index (κ2) is 5.82. The number of aromatic nitrogens is 1.